The van der Waals surface area contributed by atoms with Gasteiger partial charge in [-0.1, -0.05) is 12.8 Å². The van der Waals surface area contributed by atoms with Gasteiger partial charge in [-0.15, -0.1) is 0 Å². The monoisotopic (exact) mass is 264 g/mol. The Bertz CT molecular complexity index is 310. The minimum Gasteiger partial charge on any atom is -0.339 e. The molecule has 0 bridgehead atoms. The average molecular weight is 264 g/mol. The summed E-state index contributed by atoms with van der Waals surface area (Å²) in [6.45, 7) is 3.24. The molecule has 2 heterocycles. The molecule has 2 aliphatic heterocycles. The summed E-state index contributed by atoms with van der Waals surface area (Å²) in [5, 5.41) is 3.39. The van der Waals surface area contributed by atoms with Crippen LogP contribution in [0.15, 0.2) is 0 Å². The van der Waals surface area contributed by atoms with E-state index in [-0.39, 0.29) is 0 Å². The van der Waals surface area contributed by atoms with Gasteiger partial charge in [0.15, 0.2) is 0 Å². The molecule has 1 amide bonds. The molecule has 0 radical (unpaired) electrons. The molecule has 3 rings (SSSR count). The van der Waals surface area contributed by atoms with Crippen molar-refractivity contribution < 1.29 is 4.79 Å². The van der Waals surface area contributed by atoms with E-state index < -0.39 is 0 Å². The minimum atomic E-state index is 0.462. The second-order valence-electron chi connectivity index (χ2n) is 6.74. The number of carbonyl (C=O) groups excluding carboxylic acids is 1. The Labute approximate surface area is 117 Å². The third-order valence-corrected chi connectivity index (χ3v) is 5.49. The zero-order valence-corrected chi connectivity index (χ0v) is 12.1. The van der Waals surface area contributed by atoms with Crippen LogP contribution in [-0.2, 0) is 4.79 Å². The number of likely N-dealkylation sites (tertiary alicyclic amines) is 1. The van der Waals surface area contributed by atoms with Crippen LogP contribution in [0.3, 0.4) is 0 Å². The zero-order chi connectivity index (χ0) is 13.1. The fourth-order valence-electron chi connectivity index (χ4n) is 4.38. The Balaban J connectivity index is 1.58. The van der Waals surface area contributed by atoms with Crippen LogP contribution in [0.4, 0.5) is 0 Å². The quantitative estimate of drug-likeness (QED) is 0.831. The SMILES string of the molecule is O=C(CC1CCNCC1)N1CCC[C@H]2CCCC[C@H]21. The molecule has 0 aromatic carbocycles. The number of nitrogens with zero attached hydrogens (tertiary/aromatic N) is 1. The number of piperidine rings is 2. The van der Waals surface area contributed by atoms with Crippen LogP contribution >= 0.6 is 0 Å². The summed E-state index contributed by atoms with van der Waals surface area (Å²) in [5.41, 5.74) is 0. The molecule has 1 N–H and O–H groups in total. The Morgan fingerprint density at radius 3 is 2.58 bits per heavy atom. The van der Waals surface area contributed by atoms with E-state index in [1.807, 2.05) is 0 Å². The zero-order valence-electron chi connectivity index (χ0n) is 12.1. The van der Waals surface area contributed by atoms with Gasteiger partial charge >= 0.3 is 0 Å². The van der Waals surface area contributed by atoms with Crippen LogP contribution < -0.4 is 5.32 Å². The van der Waals surface area contributed by atoms with Crippen LogP contribution in [0, 0.1) is 11.8 Å². The third kappa shape index (κ3) is 3.13. The van der Waals surface area contributed by atoms with Gasteiger partial charge in [0.05, 0.1) is 0 Å². The Hall–Kier alpha value is -0.570. The van der Waals surface area contributed by atoms with Gasteiger partial charge in [0.25, 0.3) is 0 Å². The van der Waals surface area contributed by atoms with Crippen LogP contribution in [0.25, 0.3) is 0 Å². The summed E-state index contributed by atoms with van der Waals surface area (Å²) in [5.74, 6) is 1.92. The van der Waals surface area contributed by atoms with Gasteiger partial charge in [-0.3, -0.25) is 4.79 Å². The maximum atomic E-state index is 12.6. The number of nitrogens with one attached hydrogen (secondary N) is 1. The molecular formula is C16H28N2O. The summed E-state index contributed by atoms with van der Waals surface area (Å²) in [4.78, 5) is 14.9. The van der Waals surface area contributed by atoms with Crippen LogP contribution in [0.5, 0.6) is 0 Å². The van der Waals surface area contributed by atoms with Gasteiger partial charge in [0.2, 0.25) is 5.91 Å². The molecule has 0 aromatic rings. The smallest absolute Gasteiger partial charge is 0.223 e. The molecule has 3 fully saturated rings. The highest BCUT2D eigenvalue weighted by Gasteiger charge is 2.36. The van der Waals surface area contributed by atoms with E-state index in [2.05, 4.69) is 10.2 Å². The lowest BCUT2D eigenvalue weighted by molar-refractivity contribution is -0.138. The lowest BCUT2D eigenvalue weighted by Gasteiger charge is -2.44. The molecule has 0 spiro atoms. The number of hydrogen-bond acceptors (Lipinski definition) is 2. The van der Waals surface area contributed by atoms with Gasteiger partial charge < -0.3 is 10.2 Å². The molecule has 3 heteroatoms. The number of amides is 1. The van der Waals surface area contributed by atoms with E-state index in [1.165, 1.54) is 51.4 Å². The first-order valence-electron chi connectivity index (χ1n) is 8.35. The molecule has 19 heavy (non-hydrogen) atoms. The largest absolute Gasteiger partial charge is 0.339 e. The van der Waals surface area contributed by atoms with E-state index >= 15 is 0 Å². The highest BCUT2D eigenvalue weighted by Crippen LogP contribution is 2.36. The fourth-order valence-corrected chi connectivity index (χ4v) is 4.38. The summed E-state index contributed by atoms with van der Waals surface area (Å²) in [7, 11) is 0. The van der Waals surface area contributed by atoms with Crippen molar-refractivity contribution in [3.8, 4) is 0 Å². The Kier molecular flexibility index (Phi) is 4.42. The average Bonchev–Trinajstić information content (AvgIpc) is 2.47. The van der Waals surface area contributed by atoms with E-state index in [0.29, 0.717) is 17.9 Å². The van der Waals surface area contributed by atoms with Crippen molar-refractivity contribution in [2.75, 3.05) is 19.6 Å². The summed E-state index contributed by atoms with van der Waals surface area (Å²) >= 11 is 0. The van der Waals surface area contributed by atoms with Crippen molar-refractivity contribution in [2.24, 2.45) is 11.8 Å². The van der Waals surface area contributed by atoms with Crippen molar-refractivity contribution in [3.63, 3.8) is 0 Å². The first-order chi connectivity index (χ1) is 9.34. The van der Waals surface area contributed by atoms with Crippen molar-refractivity contribution in [2.45, 2.75) is 63.8 Å². The molecule has 3 nitrogen and oxygen atoms in total. The third-order valence-electron chi connectivity index (χ3n) is 5.49. The van der Waals surface area contributed by atoms with Gasteiger partial charge in [0.1, 0.15) is 0 Å². The van der Waals surface area contributed by atoms with E-state index in [9.17, 15) is 4.79 Å². The predicted molar refractivity (Wildman–Crippen MR) is 76.9 cm³/mol. The highest BCUT2D eigenvalue weighted by molar-refractivity contribution is 5.77. The van der Waals surface area contributed by atoms with Crippen LogP contribution in [0.2, 0.25) is 0 Å². The van der Waals surface area contributed by atoms with Crippen molar-refractivity contribution >= 4 is 5.91 Å². The maximum absolute atomic E-state index is 12.6. The van der Waals surface area contributed by atoms with Crippen LogP contribution in [-0.4, -0.2) is 36.5 Å². The van der Waals surface area contributed by atoms with Gasteiger partial charge in [-0.25, -0.2) is 0 Å². The minimum absolute atomic E-state index is 0.462. The number of hydrogen-bond donors (Lipinski definition) is 1. The van der Waals surface area contributed by atoms with E-state index in [0.717, 1.165) is 32.0 Å². The van der Waals surface area contributed by atoms with Crippen molar-refractivity contribution in [3.05, 3.63) is 0 Å². The van der Waals surface area contributed by atoms with Crippen molar-refractivity contribution in [1.29, 1.82) is 0 Å². The van der Waals surface area contributed by atoms with Gasteiger partial charge in [-0.2, -0.15) is 0 Å². The topological polar surface area (TPSA) is 32.3 Å². The number of rotatable bonds is 2. The second kappa shape index (κ2) is 6.25. The molecule has 0 aromatic heterocycles. The lowest BCUT2D eigenvalue weighted by atomic mass is 9.78. The van der Waals surface area contributed by atoms with Crippen molar-refractivity contribution in [1.82, 2.24) is 10.2 Å². The molecule has 2 saturated heterocycles. The Morgan fingerprint density at radius 1 is 1.00 bits per heavy atom. The lowest BCUT2D eigenvalue weighted by Crippen LogP contribution is -2.50. The molecule has 2 atom stereocenters. The molecule has 3 aliphatic rings. The summed E-state index contributed by atoms with van der Waals surface area (Å²) in [6, 6.07) is 0.594. The first kappa shape index (κ1) is 13.4. The van der Waals surface area contributed by atoms with E-state index in [4.69, 9.17) is 0 Å². The first-order valence-corrected chi connectivity index (χ1v) is 8.35. The normalized spacial score (nSPS) is 32.9. The number of carbonyl (C=O) groups is 1. The maximum Gasteiger partial charge on any atom is 0.223 e. The highest BCUT2D eigenvalue weighted by atomic mass is 16.2. The molecule has 1 aliphatic carbocycles. The summed E-state index contributed by atoms with van der Waals surface area (Å²) < 4.78 is 0. The van der Waals surface area contributed by atoms with Crippen LogP contribution in [0.1, 0.15) is 57.8 Å². The molecule has 108 valence electrons. The summed E-state index contributed by atoms with van der Waals surface area (Å²) in [6.07, 6.45) is 11.1. The van der Waals surface area contributed by atoms with Gasteiger partial charge in [0, 0.05) is 19.0 Å². The number of fused-ring (bicyclic) bond motifs is 1. The molecule has 1 saturated carbocycles. The molecular weight excluding hydrogens is 236 g/mol. The second-order valence-corrected chi connectivity index (χ2v) is 6.74. The Morgan fingerprint density at radius 2 is 1.74 bits per heavy atom. The fraction of sp³-hybridized carbons (Fsp3) is 0.938. The standard InChI is InChI=1S/C16H28N2O/c19-16(12-13-7-9-17-10-8-13)18-11-3-5-14-4-1-2-6-15(14)18/h13-15,17H,1-12H2/t14-,15-/m1/s1. The van der Waals surface area contributed by atoms with Gasteiger partial charge in [-0.05, 0) is 63.5 Å². The molecule has 0 unspecified atom stereocenters. The van der Waals surface area contributed by atoms with E-state index in [1.54, 1.807) is 0 Å². The predicted octanol–water partition coefficient (Wildman–Crippen LogP) is 2.56.